The van der Waals surface area contributed by atoms with Crippen molar-refractivity contribution in [1.29, 1.82) is 0 Å². The number of fused-ring (bicyclic) bond motifs is 1. The van der Waals surface area contributed by atoms with Crippen molar-refractivity contribution in [2.45, 2.75) is 34.2 Å². The first kappa shape index (κ1) is 25.4. The van der Waals surface area contributed by atoms with E-state index in [0.717, 1.165) is 11.1 Å². The molecule has 0 spiro atoms. The summed E-state index contributed by atoms with van der Waals surface area (Å²) in [5, 5.41) is 0.603. The van der Waals surface area contributed by atoms with E-state index in [1.54, 1.807) is 12.1 Å². The van der Waals surface area contributed by atoms with Gasteiger partial charge in [-0.05, 0) is 45.4 Å². The number of aryl methyl sites for hydroxylation is 1. The lowest BCUT2D eigenvalue weighted by molar-refractivity contribution is -0.114. The Labute approximate surface area is 195 Å². The molecule has 5 heteroatoms. The SMILES string of the molecule is C=CCOc1cccc2c1c(C(=O)C(N)=O)c(C)n2CC(/C=C\C)=C/C.Cc1ccccc1. The average molecular weight is 445 g/mol. The van der Waals surface area contributed by atoms with Gasteiger partial charge in [-0.2, -0.15) is 0 Å². The van der Waals surface area contributed by atoms with E-state index in [1.165, 1.54) is 5.56 Å². The zero-order valence-corrected chi connectivity index (χ0v) is 19.8. The van der Waals surface area contributed by atoms with Gasteiger partial charge in [0.05, 0.1) is 16.5 Å². The largest absolute Gasteiger partial charge is 0.489 e. The summed E-state index contributed by atoms with van der Waals surface area (Å²) in [6.07, 6.45) is 7.62. The van der Waals surface area contributed by atoms with E-state index in [-0.39, 0.29) is 0 Å². The van der Waals surface area contributed by atoms with Gasteiger partial charge in [0, 0.05) is 12.2 Å². The maximum absolute atomic E-state index is 12.5. The van der Waals surface area contributed by atoms with Gasteiger partial charge in [-0.1, -0.05) is 72.8 Å². The van der Waals surface area contributed by atoms with Gasteiger partial charge in [0.1, 0.15) is 12.4 Å². The fraction of sp³-hybridized carbons (Fsp3) is 0.214. The summed E-state index contributed by atoms with van der Waals surface area (Å²) in [6, 6.07) is 15.8. The number of amides is 1. The molecule has 0 radical (unpaired) electrons. The standard InChI is InChI=1S/C21H24N2O3.C7H8/c1-5-9-15(7-3)13-23-14(4)18(20(24)21(22)25)19-16(23)10-8-11-17(19)26-12-6-2;1-7-5-3-2-4-6-7/h5-11H,2,12-13H2,1,3-4H3,(H2,22,25);2-6H,1H3/b9-5-,15-7+;. The van der Waals surface area contributed by atoms with Crippen LogP contribution >= 0.6 is 0 Å². The molecule has 1 aromatic heterocycles. The van der Waals surface area contributed by atoms with E-state index in [0.29, 0.717) is 35.5 Å². The Morgan fingerprint density at radius 1 is 1.06 bits per heavy atom. The third-order valence-corrected chi connectivity index (χ3v) is 5.15. The summed E-state index contributed by atoms with van der Waals surface area (Å²) in [6.45, 7) is 12.3. The van der Waals surface area contributed by atoms with Crippen LogP contribution in [-0.2, 0) is 11.3 Å². The molecule has 0 saturated heterocycles. The monoisotopic (exact) mass is 444 g/mol. The van der Waals surface area contributed by atoms with Crippen LogP contribution in [-0.4, -0.2) is 22.9 Å². The van der Waals surface area contributed by atoms with Crippen LogP contribution in [0.5, 0.6) is 5.75 Å². The molecule has 0 aliphatic carbocycles. The van der Waals surface area contributed by atoms with Crippen LogP contribution in [0.2, 0.25) is 0 Å². The predicted molar refractivity (Wildman–Crippen MR) is 136 cm³/mol. The van der Waals surface area contributed by atoms with Gasteiger partial charge >= 0.3 is 0 Å². The molecule has 3 rings (SSSR count). The summed E-state index contributed by atoms with van der Waals surface area (Å²) in [5.41, 5.74) is 9.49. The number of nitrogens with two attached hydrogens (primary N) is 1. The quantitative estimate of drug-likeness (QED) is 0.210. The number of carbonyl (C=O) groups is 2. The molecule has 0 atom stereocenters. The Morgan fingerprint density at radius 3 is 2.27 bits per heavy atom. The fourth-order valence-electron chi connectivity index (χ4n) is 3.54. The van der Waals surface area contributed by atoms with Gasteiger partial charge in [0.15, 0.2) is 0 Å². The van der Waals surface area contributed by atoms with E-state index < -0.39 is 11.7 Å². The molecule has 0 unspecified atom stereocenters. The molecular weight excluding hydrogens is 412 g/mol. The topological polar surface area (TPSA) is 74.3 Å². The van der Waals surface area contributed by atoms with Crippen LogP contribution < -0.4 is 10.5 Å². The van der Waals surface area contributed by atoms with Crippen molar-refractivity contribution in [3.63, 3.8) is 0 Å². The molecule has 0 aliphatic rings. The van der Waals surface area contributed by atoms with Crippen LogP contribution in [0.15, 0.2) is 85.0 Å². The Hall–Kier alpha value is -3.86. The van der Waals surface area contributed by atoms with Gasteiger partial charge in [-0.25, -0.2) is 0 Å². The smallest absolute Gasteiger partial charge is 0.289 e. The molecule has 3 aromatic rings. The maximum Gasteiger partial charge on any atom is 0.289 e. The molecule has 0 fully saturated rings. The van der Waals surface area contributed by atoms with Crippen molar-refractivity contribution in [1.82, 2.24) is 4.57 Å². The highest BCUT2D eigenvalue weighted by Crippen LogP contribution is 2.34. The summed E-state index contributed by atoms with van der Waals surface area (Å²) in [7, 11) is 0. The number of benzene rings is 2. The lowest BCUT2D eigenvalue weighted by atomic mass is 10.1. The average Bonchev–Trinajstić information content (AvgIpc) is 3.09. The molecule has 2 N–H and O–H groups in total. The lowest BCUT2D eigenvalue weighted by Crippen LogP contribution is -2.24. The highest BCUT2D eigenvalue weighted by atomic mass is 16.5. The van der Waals surface area contributed by atoms with Crippen LogP contribution in [0.3, 0.4) is 0 Å². The van der Waals surface area contributed by atoms with Crippen molar-refractivity contribution in [3.8, 4) is 5.75 Å². The maximum atomic E-state index is 12.5. The van der Waals surface area contributed by atoms with Crippen molar-refractivity contribution in [2.24, 2.45) is 5.73 Å². The second kappa shape index (κ2) is 12.2. The summed E-state index contributed by atoms with van der Waals surface area (Å²) < 4.78 is 7.72. The van der Waals surface area contributed by atoms with E-state index in [2.05, 4.69) is 25.6 Å². The molecule has 0 aliphatic heterocycles. The van der Waals surface area contributed by atoms with Crippen LogP contribution in [0.25, 0.3) is 10.9 Å². The van der Waals surface area contributed by atoms with Gasteiger partial charge < -0.3 is 15.0 Å². The van der Waals surface area contributed by atoms with Crippen molar-refractivity contribution in [2.75, 3.05) is 6.61 Å². The van der Waals surface area contributed by atoms with E-state index in [1.807, 2.05) is 73.9 Å². The minimum Gasteiger partial charge on any atom is -0.489 e. The number of nitrogens with zero attached hydrogens (tertiary/aromatic N) is 1. The molecule has 1 heterocycles. The van der Waals surface area contributed by atoms with Crippen molar-refractivity contribution < 1.29 is 14.3 Å². The first-order valence-electron chi connectivity index (χ1n) is 10.8. The minimum atomic E-state index is -0.981. The van der Waals surface area contributed by atoms with Gasteiger partial charge in [-0.3, -0.25) is 9.59 Å². The van der Waals surface area contributed by atoms with Crippen LogP contribution in [0.4, 0.5) is 0 Å². The molecule has 33 heavy (non-hydrogen) atoms. The highest BCUT2D eigenvalue weighted by Gasteiger charge is 2.26. The second-order valence-corrected chi connectivity index (χ2v) is 7.51. The third-order valence-electron chi connectivity index (χ3n) is 5.15. The number of ether oxygens (including phenoxy) is 1. The van der Waals surface area contributed by atoms with Crippen molar-refractivity contribution >= 4 is 22.6 Å². The van der Waals surface area contributed by atoms with Gasteiger partial charge in [0.2, 0.25) is 0 Å². The molecular formula is C28H32N2O3. The predicted octanol–water partition coefficient (Wildman–Crippen LogP) is 5.70. The highest BCUT2D eigenvalue weighted by molar-refractivity contribution is 6.45. The number of rotatable bonds is 8. The minimum absolute atomic E-state index is 0.295. The Bertz CT molecular complexity index is 1180. The van der Waals surface area contributed by atoms with E-state index in [9.17, 15) is 9.59 Å². The van der Waals surface area contributed by atoms with Gasteiger partial charge in [0.25, 0.3) is 11.7 Å². The molecule has 172 valence electrons. The third kappa shape index (κ3) is 6.32. The number of allylic oxidation sites excluding steroid dienone is 4. The van der Waals surface area contributed by atoms with E-state index >= 15 is 0 Å². The van der Waals surface area contributed by atoms with Crippen molar-refractivity contribution in [3.05, 3.63) is 102 Å². The summed E-state index contributed by atoms with van der Waals surface area (Å²) >= 11 is 0. The lowest BCUT2D eigenvalue weighted by Gasteiger charge is -2.10. The first-order valence-corrected chi connectivity index (χ1v) is 10.8. The Balaban J connectivity index is 0.000000468. The summed E-state index contributed by atoms with van der Waals surface area (Å²) in [5.74, 6) is -1.17. The zero-order valence-electron chi connectivity index (χ0n) is 19.8. The second-order valence-electron chi connectivity index (χ2n) is 7.51. The molecule has 0 saturated carbocycles. The number of ketones is 1. The zero-order chi connectivity index (χ0) is 24.4. The van der Waals surface area contributed by atoms with Gasteiger partial charge in [-0.15, -0.1) is 0 Å². The van der Waals surface area contributed by atoms with Crippen LogP contribution in [0, 0.1) is 13.8 Å². The fourth-order valence-corrected chi connectivity index (χ4v) is 3.54. The first-order chi connectivity index (χ1) is 15.8. The summed E-state index contributed by atoms with van der Waals surface area (Å²) in [4.78, 5) is 24.1. The Morgan fingerprint density at radius 2 is 1.76 bits per heavy atom. The number of carbonyl (C=O) groups excluding carboxylic acids is 2. The Kier molecular flexibility index (Phi) is 9.43. The number of hydrogen-bond donors (Lipinski definition) is 1. The normalized spacial score (nSPS) is 11.2. The van der Waals surface area contributed by atoms with Crippen LogP contribution in [0.1, 0.15) is 35.5 Å². The molecule has 5 nitrogen and oxygen atoms in total. The molecule has 2 aromatic carbocycles. The van der Waals surface area contributed by atoms with E-state index in [4.69, 9.17) is 10.5 Å². The molecule has 1 amide bonds. The number of primary amides is 1. The number of aromatic nitrogens is 1. The molecule has 0 bridgehead atoms. The number of Topliss-reactive ketones (excluding diaryl/α,β-unsaturated/α-hetero) is 1. The number of hydrogen-bond acceptors (Lipinski definition) is 3.